The van der Waals surface area contributed by atoms with Crippen LogP contribution in [0.1, 0.15) is 0 Å². The van der Waals surface area contributed by atoms with Crippen LogP contribution in [-0.4, -0.2) is 12.2 Å². The van der Waals surface area contributed by atoms with Gasteiger partial charge in [0.05, 0.1) is 0 Å². The zero-order valence-electron chi connectivity index (χ0n) is 5.27. The van der Waals surface area contributed by atoms with Crippen LogP contribution in [0.25, 0.3) is 0 Å². The Hall–Kier alpha value is -1.54. The van der Waals surface area contributed by atoms with Gasteiger partial charge in [0.2, 0.25) is 12.2 Å². The van der Waals surface area contributed by atoms with E-state index >= 15 is 0 Å². The highest BCUT2D eigenvalue weighted by Gasteiger charge is 1.99. The smallest absolute Gasteiger partial charge is 0.211 e. The first kappa shape index (κ1) is 7.57. The lowest BCUT2D eigenvalue weighted by atomic mass is 10.5. The number of rotatable bonds is 2. The Morgan fingerprint density at radius 2 is 1.55 bits per heavy atom. The topological polar surface area (TPSA) is 58.9 Å². The maximum absolute atomic E-state index is 9.80. The van der Waals surface area contributed by atoms with Gasteiger partial charge in [0.25, 0.3) is 0 Å². The highest BCUT2D eigenvalue weighted by molar-refractivity contribution is 7.08. The van der Waals surface area contributed by atoms with Crippen LogP contribution in [0.5, 0.6) is 0 Å². The fraction of sp³-hybridized carbons (Fsp3) is 0. The molecule has 1 heterocycles. The van der Waals surface area contributed by atoms with Gasteiger partial charge in [-0.1, -0.05) is 0 Å². The molecule has 0 aliphatic rings. The van der Waals surface area contributed by atoms with Gasteiger partial charge in [-0.3, -0.25) is 0 Å². The van der Waals surface area contributed by atoms with Crippen molar-refractivity contribution in [2.45, 2.75) is 0 Å². The molecule has 0 atom stereocenters. The van der Waals surface area contributed by atoms with Crippen LogP contribution in [0.15, 0.2) is 20.7 Å². The van der Waals surface area contributed by atoms with Gasteiger partial charge in [0.1, 0.15) is 11.4 Å². The van der Waals surface area contributed by atoms with Crippen molar-refractivity contribution in [3.8, 4) is 0 Å². The molecular formula is C6H2N2O2S. The van der Waals surface area contributed by atoms with Crippen molar-refractivity contribution in [2.75, 3.05) is 0 Å². The summed E-state index contributed by atoms with van der Waals surface area (Å²) in [6, 6.07) is 0. The summed E-state index contributed by atoms with van der Waals surface area (Å²) in [6.07, 6.45) is 2.72. The number of hydrogen-bond acceptors (Lipinski definition) is 5. The number of nitrogens with zero attached hydrogens (tertiary/aromatic N) is 2. The lowest BCUT2D eigenvalue weighted by Gasteiger charge is -1.81. The largest absolute Gasteiger partial charge is 0.240 e. The third-order valence-electron chi connectivity index (χ3n) is 0.954. The highest BCUT2D eigenvalue weighted by atomic mass is 32.1. The number of thiophene rings is 1. The summed E-state index contributed by atoms with van der Waals surface area (Å²) in [5.41, 5.74) is 0.710. The monoisotopic (exact) mass is 166 g/mol. The van der Waals surface area contributed by atoms with Gasteiger partial charge >= 0.3 is 0 Å². The Morgan fingerprint density at radius 1 is 1.09 bits per heavy atom. The lowest BCUT2D eigenvalue weighted by Crippen LogP contribution is -1.56. The summed E-state index contributed by atoms with van der Waals surface area (Å²) in [7, 11) is 0. The van der Waals surface area contributed by atoms with Crippen molar-refractivity contribution >= 4 is 34.9 Å². The van der Waals surface area contributed by atoms with Crippen molar-refractivity contribution in [1.82, 2.24) is 0 Å². The van der Waals surface area contributed by atoms with Crippen LogP contribution in [0.4, 0.5) is 11.4 Å². The van der Waals surface area contributed by atoms with Gasteiger partial charge in [-0.15, -0.1) is 11.3 Å². The van der Waals surface area contributed by atoms with E-state index in [4.69, 9.17) is 0 Å². The number of hydrogen-bond donors (Lipinski definition) is 0. The van der Waals surface area contributed by atoms with Gasteiger partial charge in [0, 0.05) is 10.8 Å². The van der Waals surface area contributed by atoms with E-state index in [2.05, 4.69) is 9.98 Å². The zero-order chi connectivity index (χ0) is 8.10. The van der Waals surface area contributed by atoms with Gasteiger partial charge in [0.15, 0.2) is 0 Å². The van der Waals surface area contributed by atoms with Crippen LogP contribution < -0.4 is 0 Å². The average molecular weight is 166 g/mol. The average Bonchev–Trinajstić information content (AvgIpc) is 2.39. The first-order chi connectivity index (χ1) is 5.38. The van der Waals surface area contributed by atoms with E-state index in [9.17, 15) is 9.59 Å². The second-order valence-electron chi connectivity index (χ2n) is 1.55. The molecule has 0 saturated heterocycles. The van der Waals surface area contributed by atoms with Crippen LogP contribution in [0.2, 0.25) is 0 Å². The van der Waals surface area contributed by atoms with E-state index in [1.807, 2.05) is 0 Å². The minimum Gasteiger partial charge on any atom is -0.211 e. The Morgan fingerprint density at radius 3 is 1.91 bits per heavy atom. The molecule has 1 aromatic heterocycles. The van der Waals surface area contributed by atoms with Crippen molar-refractivity contribution in [1.29, 1.82) is 0 Å². The molecule has 0 amide bonds. The lowest BCUT2D eigenvalue weighted by molar-refractivity contribution is 0.564. The Kier molecular flexibility index (Phi) is 2.47. The van der Waals surface area contributed by atoms with E-state index in [0.29, 0.717) is 11.4 Å². The van der Waals surface area contributed by atoms with Gasteiger partial charge in [-0.25, -0.2) is 9.59 Å². The molecule has 0 aliphatic carbocycles. The highest BCUT2D eigenvalue weighted by Crippen LogP contribution is 2.30. The molecule has 0 saturated carbocycles. The fourth-order valence-electron chi connectivity index (χ4n) is 0.549. The number of carbonyl (C=O) groups excluding carboxylic acids is 2. The summed E-state index contributed by atoms with van der Waals surface area (Å²) in [5.74, 6) is 0. The molecule has 0 fully saturated rings. The van der Waals surface area contributed by atoms with Crippen molar-refractivity contribution < 1.29 is 9.59 Å². The second kappa shape index (κ2) is 3.58. The number of isocyanates is 2. The Labute approximate surface area is 65.9 Å². The third-order valence-corrected chi connectivity index (χ3v) is 1.67. The number of aliphatic imine (C=N–C) groups is 2. The minimum absolute atomic E-state index is 0.355. The van der Waals surface area contributed by atoms with Crippen molar-refractivity contribution in [3.63, 3.8) is 0 Å². The normalized spacial score (nSPS) is 8.00. The Balaban J connectivity index is 3.14. The maximum Gasteiger partial charge on any atom is 0.240 e. The van der Waals surface area contributed by atoms with E-state index in [1.165, 1.54) is 23.5 Å². The van der Waals surface area contributed by atoms with E-state index in [0.717, 1.165) is 0 Å². The summed E-state index contributed by atoms with van der Waals surface area (Å²) in [5, 5.41) is 3.20. The van der Waals surface area contributed by atoms with E-state index in [1.54, 1.807) is 10.8 Å². The SMILES string of the molecule is O=C=Nc1cscc1N=C=O. The van der Waals surface area contributed by atoms with Gasteiger partial charge < -0.3 is 0 Å². The third kappa shape index (κ3) is 1.69. The van der Waals surface area contributed by atoms with Gasteiger partial charge in [-0.2, -0.15) is 9.98 Å². The summed E-state index contributed by atoms with van der Waals surface area (Å²) < 4.78 is 0. The molecule has 1 rings (SSSR count). The predicted octanol–water partition coefficient (Wildman–Crippen LogP) is 1.68. The van der Waals surface area contributed by atoms with Crippen LogP contribution >= 0.6 is 11.3 Å². The van der Waals surface area contributed by atoms with Crippen molar-refractivity contribution in [3.05, 3.63) is 10.8 Å². The fourth-order valence-corrected chi connectivity index (χ4v) is 1.22. The Bertz CT molecular complexity index is 313. The minimum atomic E-state index is 0.355. The molecule has 1 aromatic rings. The van der Waals surface area contributed by atoms with Crippen LogP contribution in [0, 0.1) is 0 Å². The van der Waals surface area contributed by atoms with E-state index in [-0.39, 0.29) is 0 Å². The molecule has 54 valence electrons. The molecule has 0 N–H and O–H groups in total. The van der Waals surface area contributed by atoms with Crippen LogP contribution in [0.3, 0.4) is 0 Å². The predicted molar refractivity (Wildman–Crippen MR) is 39.9 cm³/mol. The van der Waals surface area contributed by atoms with Gasteiger partial charge in [-0.05, 0) is 0 Å². The molecule has 11 heavy (non-hydrogen) atoms. The van der Waals surface area contributed by atoms with Crippen molar-refractivity contribution in [2.24, 2.45) is 9.98 Å². The first-order valence-electron chi connectivity index (χ1n) is 2.60. The second-order valence-corrected chi connectivity index (χ2v) is 2.29. The molecule has 0 bridgehead atoms. The van der Waals surface area contributed by atoms with Crippen LogP contribution in [-0.2, 0) is 9.59 Å². The quantitative estimate of drug-likeness (QED) is 0.495. The summed E-state index contributed by atoms with van der Waals surface area (Å²) in [6.45, 7) is 0. The molecule has 0 aliphatic heterocycles. The molecule has 0 aromatic carbocycles. The maximum atomic E-state index is 9.80. The zero-order valence-corrected chi connectivity index (χ0v) is 6.09. The summed E-state index contributed by atoms with van der Waals surface area (Å²) in [4.78, 5) is 26.2. The molecule has 0 radical (unpaired) electrons. The van der Waals surface area contributed by atoms with E-state index < -0.39 is 0 Å². The molecule has 0 unspecified atom stereocenters. The summed E-state index contributed by atoms with van der Waals surface area (Å²) >= 11 is 1.30. The molecule has 4 nitrogen and oxygen atoms in total. The molecular weight excluding hydrogens is 164 g/mol. The first-order valence-corrected chi connectivity index (χ1v) is 3.54. The molecule has 0 spiro atoms. The molecule has 5 heteroatoms. The standard InChI is InChI=1S/C6H2N2O2S/c9-3-7-5-1-11-2-6(5)8-4-10/h1-2H.